The van der Waals surface area contributed by atoms with E-state index in [1.165, 1.54) is 18.2 Å². The highest BCUT2D eigenvalue weighted by Gasteiger charge is 2.21. The number of aryl methyl sites for hydroxylation is 1. The number of aliphatic hydroxyl groups excluding tert-OH is 1. The Morgan fingerprint density at radius 3 is 2.68 bits per heavy atom. The summed E-state index contributed by atoms with van der Waals surface area (Å²) in [5.41, 5.74) is 0.584. The van der Waals surface area contributed by atoms with Gasteiger partial charge in [-0.2, -0.15) is 5.26 Å². The minimum Gasteiger partial charge on any atom is -0.479 e. The Morgan fingerprint density at radius 1 is 1.53 bits per heavy atom. The first-order chi connectivity index (χ1) is 8.77. The van der Waals surface area contributed by atoms with Crippen LogP contribution in [-0.2, 0) is 14.8 Å². The summed E-state index contributed by atoms with van der Waals surface area (Å²) in [6.07, 6.45) is -1.82. The highest BCUT2D eigenvalue weighted by Crippen LogP contribution is 2.16. The molecule has 3 N–H and O–H groups in total. The van der Waals surface area contributed by atoms with E-state index in [0.717, 1.165) is 0 Å². The molecule has 102 valence electrons. The van der Waals surface area contributed by atoms with E-state index in [1.807, 2.05) is 10.8 Å². The zero-order valence-corrected chi connectivity index (χ0v) is 10.8. The second-order valence-corrected chi connectivity index (χ2v) is 5.53. The lowest BCUT2D eigenvalue weighted by Crippen LogP contribution is -2.36. The van der Waals surface area contributed by atoms with E-state index in [9.17, 15) is 13.2 Å². The number of nitriles is 1. The fraction of sp³-hybridized carbons (Fsp3) is 0.273. The maximum Gasteiger partial charge on any atom is 0.333 e. The molecule has 1 atom stereocenters. The first-order valence-corrected chi connectivity index (χ1v) is 6.67. The first kappa shape index (κ1) is 15.1. The summed E-state index contributed by atoms with van der Waals surface area (Å²) in [5.74, 6) is -1.52. The molecule has 0 spiro atoms. The summed E-state index contributed by atoms with van der Waals surface area (Å²) < 4.78 is 25.8. The topological polar surface area (TPSA) is 127 Å². The molecule has 0 bridgehead atoms. The minimum atomic E-state index is -3.98. The first-order valence-electron chi connectivity index (χ1n) is 5.19. The molecule has 0 heterocycles. The Bertz CT molecular complexity index is 633. The van der Waals surface area contributed by atoms with Gasteiger partial charge in [0.05, 0.1) is 16.5 Å². The predicted molar refractivity (Wildman–Crippen MR) is 64.7 cm³/mol. The van der Waals surface area contributed by atoms with Crippen LogP contribution >= 0.6 is 0 Å². The Kier molecular flexibility index (Phi) is 4.61. The van der Waals surface area contributed by atoms with E-state index in [4.69, 9.17) is 15.5 Å². The monoisotopic (exact) mass is 284 g/mol. The average molecular weight is 284 g/mol. The van der Waals surface area contributed by atoms with E-state index in [1.54, 1.807) is 6.92 Å². The van der Waals surface area contributed by atoms with Gasteiger partial charge in [-0.25, -0.2) is 17.9 Å². The molecule has 0 amide bonds. The lowest BCUT2D eigenvalue weighted by Gasteiger charge is -2.11. The third-order valence-electron chi connectivity index (χ3n) is 2.36. The molecule has 1 unspecified atom stereocenters. The zero-order valence-electron chi connectivity index (χ0n) is 9.99. The van der Waals surface area contributed by atoms with Crippen molar-refractivity contribution >= 4 is 16.0 Å². The smallest absolute Gasteiger partial charge is 0.333 e. The fourth-order valence-electron chi connectivity index (χ4n) is 1.31. The van der Waals surface area contributed by atoms with Crippen molar-refractivity contribution in [2.24, 2.45) is 0 Å². The molecule has 1 aromatic carbocycles. The molecule has 1 rings (SSSR count). The molecular weight excluding hydrogens is 272 g/mol. The number of sulfonamides is 1. The molecule has 0 aliphatic rings. The van der Waals surface area contributed by atoms with Gasteiger partial charge in [0.1, 0.15) is 0 Å². The molecule has 7 nitrogen and oxygen atoms in total. The number of carboxylic acid groups (broad SMARTS) is 1. The van der Waals surface area contributed by atoms with Gasteiger partial charge in [0.2, 0.25) is 10.0 Å². The largest absolute Gasteiger partial charge is 0.479 e. The fourth-order valence-corrected chi connectivity index (χ4v) is 2.62. The van der Waals surface area contributed by atoms with Gasteiger partial charge in [-0.15, -0.1) is 0 Å². The number of hydrogen-bond acceptors (Lipinski definition) is 5. The van der Waals surface area contributed by atoms with Crippen LogP contribution in [0.15, 0.2) is 23.1 Å². The highest BCUT2D eigenvalue weighted by atomic mass is 32.2. The Hall–Kier alpha value is -1.95. The molecule has 1 aromatic rings. The van der Waals surface area contributed by atoms with Crippen molar-refractivity contribution in [3.8, 4) is 6.07 Å². The van der Waals surface area contributed by atoms with Gasteiger partial charge in [0.15, 0.2) is 6.10 Å². The second-order valence-electron chi connectivity index (χ2n) is 3.80. The van der Waals surface area contributed by atoms with Crippen LogP contribution in [0.25, 0.3) is 0 Å². The number of nitrogens with zero attached hydrogens (tertiary/aromatic N) is 1. The number of carboxylic acids is 1. The molecule has 0 aliphatic heterocycles. The molecule has 0 aliphatic carbocycles. The van der Waals surface area contributed by atoms with Crippen LogP contribution in [0.5, 0.6) is 0 Å². The predicted octanol–water partition coefficient (Wildman–Crippen LogP) is -0.410. The molecule has 0 aromatic heterocycles. The van der Waals surface area contributed by atoms with Crippen molar-refractivity contribution in [1.82, 2.24) is 4.72 Å². The van der Waals surface area contributed by atoms with Crippen LogP contribution in [-0.4, -0.2) is 37.2 Å². The normalized spacial score (nSPS) is 12.7. The van der Waals surface area contributed by atoms with Crippen LogP contribution in [0.4, 0.5) is 0 Å². The number of benzene rings is 1. The molecule has 0 fully saturated rings. The quantitative estimate of drug-likeness (QED) is 0.674. The average Bonchev–Trinajstić information content (AvgIpc) is 2.36. The van der Waals surface area contributed by atoms with E-state index < -0.39 is 28.6 Å². The van der Waals surface area contributed by atoms with Gasteiger partial charge in [0, 0.05) is 6.54 Å². The summed E-state index contributed by atoms with van der Waals surface area (Å²) in [4.78, 5) is 10.3. The van der Waals surface area contributed by atoms with Crippen LogP contribution in [0, 0.1) is 18.3 Å². The van der Waals surface area contributed by atoms with Gasteiger partial charge in [0.25, 0.3) is 0 Å². The summed E-state index contributed by atoms with van der Waals surface area (Å²) in [6.45, 7) is 0.900. The maximum atomic E-state index is 11.9. The van der Waals surface area contributed by atoms with Crippen molar-refractivity contribution in [3.05, 3.63) is 29.3 Å². The van der Waals surface area contributed by atoms with Gasteiger partial charge in [-0.1, -0.05) is 6.07 Å². The summed E-state index contributed by atoms with van der Waals surface area (Å²) in [5, 5.41) is 26.2. The molecule has 0 radical (unpaired) electrons. The van der Waals surface area contributed by atoms with Crippen molar-refractivity contribution in [2.45, 2.75) is 17.9 Å². The van der Waals surface area contributed by atoms with E-state index in [2.05, 4.69) is 0 Å². The van der Waals surface area contributed by atoms with Crippen molar-refractivity contribution in [1.29, 1.82) is 5.26 Å². The lowest BCUT2D eigenvalue weighted by atomic mass is 10.2. The van der Waals surface area contributed by atoms with Gasteiger partial charge in [-0.05, 0) is 24.6 Å². The zero-order chi connectivity index (χ0) is 14.6. The van der Waals surface area contributed by atoms with Crippen molar-refractivity contribution in [3.63, 3.8) is 0 Å². The highest BCUT2D eigenvalue weighted by molar-refractivity contribution is 7.89. The summed E-state index contributed by atoms with van der Waals surface area (Å²) in [7, 11) is -3.98. The molecular formula is C11H12N2O5S. The minimum absolute atomic E-state index is 0.121. The summed E-state index contributed by atoms with van der Waals surface area (Å²) in [6, 6.07) is 5.95. The van der Waals surface area contributed by atoms with E-state index >= 15 is 0 Å². The van der Waals surface area contributed by atoms with Crippen molar-refractivity contribution in [2.75, 3.05) is 6.54 Å². The Morgan fingerprint density at radius 2 is 2.16 bits per heavy atom. The number of rotatable bonds is 5. The maximum absolute atomic E-state index is 11.9. The molecule has 8 heteroatoms. The number of nitrogens with one attached hydrogen (secondary N) is 1. The summed E-state index contributed by atoms with van der Waals surface area (Å²) >= 11 is 0. The van der Waals surface area contributed by atoms with E-state index in [0.29, 0.717) is 5.56 Å². The molecule has 19 heavy (non-hydrogen) atoms. The number of carbonyl (C=O) groups is 1. The molecule has 0 saturated heterocycles. The number of aliphatic carboxylic acids is 1. The number of hydrogen-bond donors (Lipinski definition) is 3. The Balaban J connectivity index is 3.01. The SMILES string of the molecule is Cc1ccc(C#N)cc1S(=O)(=O)NCC(O)C(=O)O. The second kappa shape index (κ2) is 5.79. The van der Waals surface area contributed by atoms with Crippen LogP contribution in [0.1, 0.15) is 11.1 Å². The Labute approximate surface area is 110 Å². The molecule has 0 saturated carbocycles. The van der Waals surface area contributed by atoms with Gasteiger partial charge < -0.3 is 10.2 Å². The third kappa shape index (κ3) is 3.75. The van der Waals surface area contributed by atoms with Crippen molar-refractivity contribution < 1.29 is 23.4 Å². The van der Waals surface area contributed by atoms with Gasteiger partial charge >= 0.3 is 5.97 Å². The number of aliphatic hydroxyl groups is 1. The van der Waals surface area contributed by atoms with E-state index in [-0.39, 0.29) is 10.5 Å². The third-order valence-corrected chi connectivity index (χ3v) is 3.92. The van der Waals surface area contributed by atoms with Crippen LogP contribution in [0.3, 0.4) is 0 Å². The van der Waals surface area contributed by atoms with Crippen LogP contribution in [0.2, 0.25) is 0 Å². The lowest BCUT2D eigenvalue weighted by molar-refractivity contribution is -0.146. The standard InChI is InChI=1S/C11H12N2O5S/c1-7-2-3-8(5-12)4-10(7)19(17,18)13-6-9(14)11(15)16/h2-4,9,13-14H,6H2,1H3,(H,15,16). The van der Waals surface area contributed by atoms with Gasteiger partial charge in [-0.3, -0.25) is 0 Å². The van der Waals surface area contributed by atoms with Crippen LogP contribution < -0.4 is 4.72 Å².